The number of rotatable bonds is 6. The Morgan fingerprint density at radius 2 is 1.85 bits per heavy atom. The van der Waals surface area contributed by atoms with Gasteiger partial charge in [-0.3, -0.25) is 9.69 Å². The van der Waals surface area contributed by atoms with Crippen molar-refractivity contribution >= 4 is 5.91 Å². The van der Waals surface area contributed by atoms with Crippen LogP contribution in [0.4, 0.5) is 8.78 Å². The highest BCUT2D eigenvalue weighted by Crippen LogP contribution is 2.50. The first kappa shape index (κ1) is 18.6. The van der Waals surface area contributed by atoms with Gasteiger partial charge >= 0.3 is 0 Å². The number of carbonyl (C=O) groups excluding carboxylic acids is 1. The van der Waals surface area contributed by atoms with Crippen molar-refractivity contribution in [3.8, 4) is 5.75 Å². The van der Waals surface area contributed by atoms with Crippen molar-refractivity contribution in [2.24, 2.45) is 0 Å². The van der Waals surface area contributed by atoms with E-state index in [4.69, 9.17) is 9.47 Å². The predicted molar refractivity (Wildman–Crippen MR) is 96.2 cm³/mol. The summed E-state index contributed by atoms with van der Waals surface area (Å²) in [5.74, 6) is -1.78. The van der Waals surface area contributed by atoms with Crippen molar-refractivity contribution in [1.29, 1.82) is 0 Å². The number of amides is 1. The lowest BCUT2D eigenvalue weighted by Gasteiger charge is -2.47. The van der Waals surface area contributed by atoms with Gasteiger partial charge in [-0.25, -0.2) is 8.78 Å². The molecule has 0 radical (unpaired) electrons. The number of nitrogens with zero attached hydrogens (tertiary/aromatic N) is 2. The van der Waals surface area contributed by atoms with Gasteiger partial charge in [-0.05, 0) is 30.5 Å². The molecule has 7 heteroatoms. The van der Waals surface area contributed by atoms with Crippen LogP contribution in [0.2, 0.25) is 0 Å². The Kier molecular flexibility index (Phi) is 4.63. The highest BCUT2D eigenvalue weighted by molar-refractivity contribution is 5.92. The summed E-state index contributed by atoms with van der Waals surface area (Å²) in [6.07, 6.45) is 1.52. The molecular formula is C20H26F2N2O3. The molecule has 4 rings (SSSR count). The third-order valence-corrected chi connectivity index (χ3v) is 6.20. The van der Waals surface area contributed by atoms with Crippen molar-refractivity contribution in [1.82, 2.24) is 9.80 Å². The molecule has 0 aromatic heterocycles. The molecule has 1 aliphatic carbocycles. The SMILES string of the molecule is COC[C@@H]1CC(F)(F)CN1C1CN(C(=O)C2(c3ccc(OC)cc3)CC2)C1. The number of hydrogen-bond acceptors (Lipinski definition) is 4. The van der Waals surface area contributed by atoms with E-state index >= 15 is 0 Å². The molecule has 1 amide bonds. The number of carbonyl (C=O) groups is 1. The van der Waals surface area contributed by atoms with Crippen LogP contribution >= 0.6 is 0 Å². The van der Waals surface area contributed by atoms with Crippen LogP contribution in [0.5, 0.6) is 5.75 Å². The average molecular weight is 380 g/mol. The molecule has 2 heterocycles. The molecular weight excluding hydrogens is 354 g/mol. The van der Waals surface area contributed by atoms with Gasteiger partial charge in [-0.15, -0.1) is 0 Å². The van der Waals surface area contributed by atoms with Crippen LogP contribution in [0.15, 0.2) is 24.3 Å². The van der Waals surface area contributed by atoms with Crippen molar-refractivity contribution < 1.29 is 23.0 Å². The van der Waals surface area contributed by atoms with Gasteiger partial charge in [0.1, 0.15) is 5.75 Å². The fourth-order valence-corrected chi connectivity index (χ4v) is 4.49. The van der Waals surface area contributed by atoms with Crippen molar-refractivity contribution in [3.63, 3.8) is 0 Å². The Bertz CT molecular complexity index is 700. The van der Waals surface area contributed by atoms with E-state index in [9.17, 15) is 13.6 Å². The average Bonchev–Trinajstić information content (AvgIpc) is 3.35. The summed E-state index contributed by atoms with van der Waals surface area (Å²) < 4.78 is 38.0. The first-order valence-electron chi connectivity index (χ1n) is 9.45. The number of halogens is 2. The smallest absolute Gasteiger partial charge is 0.262 e. The third-order valence-electron chi connectivity index (χ3n) is 6.20. The van der Waals surface area contributed by atoms with Crippen LogP contribution in [0, 0.1) is 0 Å². The van der Waals surface area contributed by atoms with Crippen LogP contribution in [-0.4, -0.2) is 74.2 Å². The summed E-state index contributed by atoms with van der Waals surface area (Å²) >= 11 is 0. The molecule has 2 saturated heterocycles. The maximum absolute atomic E-state index is 13.8. The first-order valence-corrected chi connectivity index (χ1v) is 9.45. The Morgan fingerprint density at radius 1 is 1.19 bits per heavy atom. The van der Waals surface area contributed by atoms with Gasteiger partial charge < -0.3 is 14.4 Å². The molecule has 3 fully saturated rings. The normalized spacial score (nSPS) is 26.7. The summed E-state index contributed by atoms with van der Waals surface area (Å²) in [6, 6.07) is 7.39. The number of methoxy groups -OCH3 is 2. The fraction of sp³-hybridized carbons (Fsp3) is 0.650. The van der Waals surface area contributed by atoms with Crippen LogP contribution < -0.4 is 4.74 Å². The minimum absolute atomic E-state index is 0.00542. The molecule has 1 saturated carbocycles. The second kappa shape index (κ2) is 6.71. The van der Waals surface area contributed by atoms with Crippen LogP contribution in [0.1, 0.15) is 24.8 Å². The Hall–Kier alpha value is -1.73. The monoisotopic (exact) mass is 380 g/mol. The maximum atomic E-state index is 13.8. The topological polar surface area (TPSA) is 42.0 Å². The largest absolute Gasteiger partial charge is 0.497 e. The van der Waals surface area contributed by atoms with E-state index in [0.717, 1.165) is 24.2 Å². The Morgan fingerprint density at radius 3 is 2.41 bits per heavy atom. The fourth-order valence-electron chi connectivity index (χ4n) is 4.49. The van der Waals surface area contributed by atoms with Gasteiger partial charge in [-0.1, -0.05) is 12.1 Å². The lowest BCUT2D eigenvalue weighted by atomic mass is 9.92. The van der Waals surface area contributed by atoms with E-state index < -0.39 is 11.3 Å². The highest BCUT2D eigenvalue weighted by Gasteiger charge is 2.56. The summed E-state index contributed by atoms with van der Waals surface area (Å²) in [7, 11) is 3.16. The van der Waals surface area contributed by atoms with E-state index in [1.165, 1.54) is 7.11 Å². The maximum Gasteiger partial charge on any atom is 0.262 e. The van der Waals surface area contributed by atoms with Gasteiger partial charge in [0, 0.05) is 38.7 Å². The van der Waals surface area contributed by atoms with Gasteiger partial charge in [0.25, 0.3) is 5.92 Å². The van der Waals surface area contributed by atoms with Crippen LogP contribution in [0.25, 0.3) is 0 Å². The number of alkyl halides is 2. The zero-order valence-corrected chi connectivity index (χ0v) is 15.8. The molecule has 0 unspecified atom stereocenters. The van der Waals surface area contributed by atoms with E-state index in [-0.39, 0.29) is 31.0 Å². The number of benzene rings is 1. The van der Waals surface area contributed by atoms with Crippen LogP contribution in [-0.2, 0) is 14.9 Å². The van der Waals surface area contributed by atoms with E-state index in [1.807, 2.05) is 34.1 Å². The summed E-state index contributed by atoms with van der Waals surface area (Å²) in [5.41, 5.74) is 0.583. The van der Waals surface area contributed by atoms with E-state index in [2.05, 4.69) is 0 Å². The van der Waals surface area contributed by atoms with E-state index in [1.54, 1.807) is 7.11 Å². The number of hydrogen-bond donors (Lipinski definition) is 0. The molecule has 0 N–H and O–H groups in total. The zero-order chi connectivity index (χ0) is 19.2. The Labute approximate surface area is 158 Å². The summed E-state index contributed by atoms with van der Waals surface area (Å²) in [4.78, 5) is 16.7. The first-order chi connectivity index (χ1) is 12.9. The zero-order valence-electron chi connectivity index (χ0n) is 15.8. The molecule has 1 atom stereocenters. The molecule has 2 aliphatic heterocycles. The molecule has 3 aliphatic rings. The molecule has 5 nitrogen and oxygen atoms in total. The van der Waals surface area contributed by atoms with Gasteiger partial charge in [-0.2, -0.15) is 0 Å². The number of ether oxygens (including phenoxy) is 2. The van der Waals surface area contributed by atoms with Crippen molar-refractivity contribution in [3.05, 3.63) is 29.8 Å². The molecule has 0 spiro atoms. The number of likely N-dealkylation sites (tertiary alicyclic amines) is 2. The third kappa shape index (κ3) is 3.31. The minimum atomic E-state index is -2.67. The van der Waals surface area contributed by atoms with Crippen LogP contribution in [0.3, 0.4) is 0 Å². The summed E-state index contributed by atoms with van der Waals surface area (Å²) in [5, 5.41) is 0. The van der Waals surface area contributed by atoms with Crippen molar-refractivity contribution in [2.45, 2.75) is 42.7 Å². The molecule has 27 heavy (non-hydrogen) atoms. The van der Waals surface area contributed by atoms with Gasteiger partial charge in [0.2, 0.25) is 5.91 Å². The lowest BCUT2D eigenvalue weighted by molar-refractivity contribution is -0.142. The quantitative estimate of drug-likeness (QED) is 0.760. The second-order valence-corrected chi connectivity index (χ2v) is 8.02. The molecule has 148 valence electrons. The standard InChI is InChI=1S/C20H26F2N2O3/c1-26-12-15-9-20(21,22)13-24(15)16-10-23(11-16)18(25)19(7-8-19)14-3-5-17(27-2)6-4-14/h3-6,15-16H,7-13H2,1-2H3/t15-/m0/s1. The predicted octanol–water partition coefficient (Wildman–Crippen LogP) is 2.29. The minimum Gasteiger partial charge on any atom is -0.497 e. The summed E-state index contributed by atoms with van der Waals surface area (Å²) in [6.45, 7) is 1.10. The van der Waals surface area contributed by atoms with Gasteiger partial charge in [0.15, 0.2) is 0 Å². The van der Waals surface area contributed by atoms with Gasteiger partial charge in [0.05, 0.1) is 25.7 Å². The van der Waals surface area contributed by atoms with Crippen molar-refractivity contribution in [2.75, 3.05) is 40.5 Å². The lowest BCUT2D eigenvalue weighted by Crippen LogP contribution is -2.64. The Balaban J connectivity index is 1.39. The molecule has 0 bridgehead atoms. The molecule has 1 aromatic carbocycles. The highest BCUT2D eigenvalue weighted by atomic mass is 19.3. The van der Waals surface area contributed by atoms with E-state index in [0.29, 0.717) is 19.7 Å². The second-order valence-electron chi connectivity index (χ2n) is 8.02. The molecule has 1 aromatic rings.